The van der Waals surface area contributed by atoms with Crippen LogP contribution in [-0.4, -0.2) is 85.0 Å². The van der Waals surface area contributed by atoms with Crippen molar-refractivity contribution in [3.63, 3.8) is 0 Å². The molecule has 0 bridgehead atoms. The summed E-state index contributed by atoms with van der Waals surface area (Å²) in [5.74, 6) is 1.20. The second-order valence-electron chi connectivity index (χ2n) is 10.8. The highest BCUT2D eigenvalue weighted by Crippen LogP contribution is 2.44. The lowest BCUT2D eigenvalue weighted by Crippen LogP contribution is -2.66. The van der Waals surface area contributed by atoms with Crippen LogP contribution in [0.25, 0.3) is 22.2 Å². The number of fused-ring (bicyclic) bond motifs is 3. The molecule has 3 aromatic heterocycles. The summed E-state index contributed by atoms with van der Waals surface area (Å²) in [6, 6.07) is 3.92. The van der Waals surface area contributed by atoms with Gasteiger partial charge in [-0.2, -0.15) is 0 Å². The van der Waals surface area contributed by atoms with Gasteiger partial charge in [0, 0.05) is 80.2 Å². The predicted octanol–water partition coefficient (Wildman–Crippen LogP) is 2.48. The summed E-state index contributed by atoms with van der Waals surface area (Å²) in [5, 5.41) is 3.70. The van der Waals surface area contributed by atoms with Crippen LogP contribution in [0.15, 0.2) is 24.5 Å². The number of hydrogen-bond acceptors (Lipinski definition) is 8. The van der Waals surface area contributed by atoms with Crippen molar-refractivity contribution in [2.45, 2.75) is 25.4 Å². The van der Waals surface area contributed by atoms with E-state index < -0.39 is 5.60 Å². The molecule has 7 heterocycles. The number of H-pyrrole nitrogens is 1. The minimum atomic E-state index is -0.537. The van der Waals surface area contributed by atoms with Gasteiger partial charge >= 0.3 is 0 Å². The van der Waals surface area contributed by atoms with Crippen LogP contribution >= 0.6 is 0 Å². The van der Waals surface area contributed by atoms with Crippen molar-refractivity contribution in [3.05, 3.63) is 35.8 Å². The summed E-state index contributed by atoms with van der Waals surface area (Å²) in [6.07, 6.45) is 5.19. The number of carbonyl (C=O) groups is 1. The van der Waals surface area contributed by atoms with E-state index in [0.717, 1.165) is 84.9 Å². The Kier molecular flexibility index (Phi) is 5.47. The summed E-state index contributed by atoms with van der Waals surface area (Å²) in [7, 11) is 0. The van der Waals surface area contributed by atoms with E-state index in [-0.39, 0.29) is 5.91 Å². The molecule has 10 nitrogen and oxygen atoms in total. The molecule has 2 spiro atoms. The number of nitrogens with one attached hydrogen (secondary N) is 2. The van der Waals surface area contributed by atoms with Gasteiger partial charge in [-0.25, -0.2) is 9.97 Å². The molecule has 0 aromatic carbocycles. The second kappa shape index (κ2) is 8.76. The Balaban J connectivity index is 1.23. The van der Waals surface area contributed by atoms with E-state index in [1.54, 1.807) is 6.20 Å². The van der Waals surface area contributed by atoms with Crippen LogP contribution in [0.4, 0.5) is 5.82 Å². The van der Waals surface area contributed by atoms with E-state index >= 15 is 0 Å². The van der Waals surface area contributed by atoms with Crippen LogP contribution in [0.2, 0.25) is 0 Å². The first-order valence-corrected chi connectivity index (χ1v) is 13.0. The number of anilines is 1. The van der Waals surface area contributed by atoms with Gasteiger partial charge in [0.25, 0.3) is 0 Å². The molecular formula is C27H31N5O5. The van der Waals surface area contributed by atoms with E-state index in [9.17, 15) is 4.79 Å². The fourth-order valence-electron chi connectivity index (χ4n) is 6.10. The van der Waals surface area contributed by atoms with Gasteiger partial charge in [0.05, 0.1) is 49.5 Å². The smallest absolute Gasteiger partial charge is 0.222 e. The zero-order valence-corrected chi connectivity index (χ0v) is 21.0. The zero-order valence-electron chi connectivity index (χ0n) is 21.0. The Bertz CT molecular complexity index is 1350. The van der Waals surface area contributed by atoms with Crippen molar-refractivity contribution in [3.8, 4) is 17.0 Å². The van der Waals surface area contributed by atoms with Crippen LogP contribution in [0, 0.1) is 5.41 Å². The quantitative estimate of drug-likeness (QED) is 0.526. The summed E-state index contributed by atoms with van der Waals surface area (Å²) in [4.78, 5) is 26.8. The Morgan fingerprint density at radius 2 is 2.11 bits per heavy atom. The minimum Gasteiger partial charge on any atom is -0.492 e. The number of pyridine rings is 2. The minimum absolute atomic E-state index is 0.162. The van der Waals surface area contributed by atoms with Crippen molar-refractivity contribution < 1.29 is 23.7 Å². The molecule has 3 fully saturated rings. The first-order chi connectivity index (χ1) is 18.0. The molecule has 7 rings (SSSR count). The van der Waals surface area contributed by atoms with Gasteiger partial charge in [0.15, 0.2) is 0 Å². The average Bonchev–Trinajstić information content (AvgIpc) is 3.47. The molecule has 0 radical (unpaired) electrons. The summed E-state index contributed by atoms with van der Waals surface area (Å²) in [6.45, 7) is 8.70. The Morgan fingerprint density at radius 1 is 1.22 bits per heavy atom. The SMILES string of the molecule is CC(=O)Nc1cc2c(-c3cc(OCCN4CC5(COC5)C4)c4c(n3)C3(CCOC3)OCC4)c[nH]c2cn1. The Morgan fingerprint density at radius 3 is 2.86 bits per heavy atom. The van der Waals surface area contributed by atoms with Gasteiger partial charge in [-0.15, -0.1) is 0 Å². The van der Waals surface area contributed by atoms with Crippen molar-refractivity contribution in [2.24, 2.45) is 5.41 Å². The molecule has 4 aliphatic heterocycles. The standard InChI is InChI=1S/C27H31N5O5/c1-17(33)30-24-8-19-20(10-28-22(19)11-29-24)21-9-23(36-7-4-32-12-26(13-32)14-35-15-26)18-2-5-37-27(25(18)31-21)3-6-34-16-27/h8-11,28H,2-7,12-16H2,1H3,(H,29,30,33). The lowest BCUT2D eigenvalue weighted by molar-refractivity contribution is -0.189. The van der Waals surface area contributed by atoms with Crippen LogP contribution in [-0.2, 0) is 31.0 Å². The fourth-order valence-corrected chi connectivity index (χ4v) is 6.10. The van der Waals surface area contributed by atoms with Crippen LogP contribution in [0.5, 0.6) is 5.75 Å². The predicted molar refractivity (Wildman–Crippen MR) is 136 cm³/mol. The lowest BCUT2D eigenvalue weighted by Gasteiger charge is -2.55. The molecule has 4 aliphatic rings. The summed E-state index contributed by atoms with van der Waals surface area (Å²) < 4.78 is 24.0. The number of rotatable bonds is 6. The number of ether oxygens (including phenoxy) is 4. The third-order valence-corrected chi connectivity index (χ3v) is 7.98. The molecule has 10 heteroatoms. The van der Waals surface area contributed by atoms with E-state index in [0.29, 0.717) is 37.7 Å². The monoisotopic (exact) mass is 505 g/mol. The molecule has 2 N–H and O–H groups in total. The van der Waals surface area contributed by atoms with E-state index in [4.69, 9.17) is 23.9 Å². The largest absolute Gasteiger partial charge is 0.492 e. The maximum absolute atomic E-state index is 11.6. The Hall–Kier alpha value is -3.05. The molecule has 0 aliphatic carbocycles. The van der Waals surface area contributed by atoms with E-state index in [2.05, 4.69) is 20.2 Å². The molecule has 1 unspecified atom stereocenters. The maximum atomic E-state index is 11.6. The molecule has 194 valence electrons. The highest BCUT2D eigenvalue weighted by molar-refractivity contribution is 5.97. The highest BCUT2D eigenvalue weighted by Gasteiger charge is 2.48. The summed E-state index contributed by atoms with van der Waals surface area (Å²) >= 11 is 0. The zero-order chi connectivity index (χ0) is 25.0. The molecule has 3 aromatic rings. The normalized spacial score (nSPS) is 24.1. The number of amides is 1. The summed E-state index contributed by atoms with van der Waals surface area (Å²) in [5.41, 5.74) is 4.49. The number of carbonyl (C=O) groups excluding carboxylic acids is 1. The number of likely N-dealkylation sites (tertiary alicyclic amines) is 1. The van der Waals surface area contributed by atoms with E-state index in [1.807, 2.05) is 18.3 Å². The van der Waals surface area contributed by atoms with Crippen molar-refractivity contribution >= 4 is 22.6 Å². The van der Waals surface area contributed by atoms with Gasteiger partial charge in [0.2, 0.25) is 5.91 Å². The third kappa shape index (κ3) is 3.99. The van der Waals surface area contributed by atoms with Crippen molar-refractivity contribution in [1.82, 2.24) is 19.9 Å². The molecule has 1 amide bonds. The number of hydrogen-bond donors (Lipinski definition) is 2. The highest BCUT2D eigenvalue weighted by atomic mass is 16.6. The number of nitrogens with zero attached hydrogens (tertiary/aromatic N) is 3. The number of aromatic amines is 1. The molecule has 3 saturated heterocycles. The van der Waals surface area contributed by atoms with Crippen LogP contribution < -0.4 is 10.1 Å². The fraction of sp³-hybridized carbons (Fsp3) is 0.519. The van der Waals surface area contributed by atoms with Crippen LogP contribution in [0.1, 0.15) is 24.6 Å². The molecule has 37 heavy (non-hydrogen) atoms. The maximum Gasteiger partial charge on any atom is 0.222 e. The average molecular weight is 506 g/mol. The van der Waals surface area contributed by atoms with Crippen molar-refractivity contribution in [1.29, 1.82) is 0 Å². The van der Waals surface area contributed by atoms with Crippen molar-refractivity contribution in [2.75, 3.05) is 64.6 Å². The lowest BCUT2D eigenvalue weighted by atomic mass is 9.78. The van der Waals surface area contributed by atoms with Gasteiger partial charge in [-0.1, -0.05) is 0 Å². The second-order valence-corrected chi connectivity index (χ2v) is 10.8. The van der Waals surface area contributed by atoms with Gasteiger partial charge in [0.1, 0.15) is 23.8 Å². The molecular weight excluding hydrogens is 474 g/mol. The molecule has 0 saturated carbocycles. The number of aromatic nitrogens is 3. The first-order valence-electron chi connectivity index (χ1n) is 13.0. The third-order valence-electron chi connectivity index (χ3n) is 7.98. The van der Waals surface area contributed by atoms with E-state index in [1.165, 1.54) is 6.92 Å². The van der Waals surface area contributed by atoms with Gasteiger partial charge in [-0.3, -0.25) is 9.69 Å². The first kappa shape index (κ1) is 23.1. The van der Waals surface area contributed by atoms with Gasteiger partial charge < -0.3 is 29.2 Å². The molecule has 1 atom stereocenters. The van der Waals surface area contributed by atoms with Gasteiger partial charge in [-0.05, 0) is 6.07 Å². The Labute approximate surface area is 214 Å². The topological polar surface area (TPSA) is 111 Å². The van der Waals surface area contributed by atoms with Crippen LogP contribution in [0.3, 0.4) is 0 Å².